The Hall–Kier alpha value is -1.17. The topological polar surface area (TPSA) is 40.6 Å². The first kappa shape index (κ1) is 19.2. The van der Waals surface area contributed by atoms with Gasteiger partial charge in [-0.3, -0.25) is 0 Å². The summed E-state index contributed by atoms with van der Waals surface area (Å²) in [5, 5.41) is 0. The second-order valence-corrected chi connectivity index (χ2v) is 10.1. The fourth-order valence-corrected chi connectivity index (χ4v) is 6.31. The zero-order valence-corrected chi connectivity index (χ0v) is 16.5. The predicted octanol–water partition coefficient (Wildman–Crippen LogP) is 3.61. The molecule has 5 heteroatoms. The fourth-order valence-electron chi connectivity index (χ4n) is 3.66. The Kier molecular flexibility index (Phi) is 5.01. The van der Waals surface area contributed by atoms with Gasteiger partial charge in [0, 0.05) is 11.1 Å². The highest BCUT2D eigenvalue weighted by molar-refractivity contribution is 7.87. The van der Waals surface area contributed by atoms with Crippen molar-refractivity contribution in [3.05, 3.63) is 48.6 Å². The van der Waals surface area contributed by atoms with E-state index in [4.69, 9.17) is 0 Å². The van der Waals surface area contributed by atoms with Crippen molar-refractivity contribution in [1.29, 1.82) is 0 Å². The summed E-state index contributed by atoms with van der Waals surface area (Å²) in [6, 6.07) is 9.63. The molecule has 0 N–H and O–H groups in total. The van der Waals surface area contributed by atoms with Crippen LogP contribution in [0.1, 0.15) is 47.1 Å². The Morgan fingerprint density at radius 2 is 1.50 bits per heavy atom. The highest BCUT2D eigenvalue weighted by Crippen LogP contribution is 2.41. The summed E-state index contributed by atoms with van der Waals surface area (Å²) < 4.78 is 30.0. The molecule has 134 valence electrons. The molecule has 0 aliphatic carbocycles. The molecule has 4 nitrogen and oxygen atoms in total. The van der Waals surface area contributed by atoms with E-state index in [1.807, 2.05) is 71.9 Å². The van der Waals surface area contributed by atoms with Gasteiger partial charge in [-0.25, -0.2) is 0 Å². The Morgan fingerprint density at radius 3 is 1.92 bits per heavy atom. The first-order valence-corrected chi connectivity index (χ1v) is 9.81. The summed E-state index contributed by atoms with van der Waals surface area (Å²) in [6.07, 6.45) is 2.45. The quantitative estimate of drug-likeness (QED) is 0.781. The number of rotatable bonds is 3. The molecule has 2 atom stereocenters. The molecule has 1 aliphatic heterocycles. The van der Waals surface area contributed by atoms with E-state index in [0.717, 1.165) is 5.56 Å². The van der Waals surface area contributed by atoms with Crippen molar-refractivity contribution in [3.8, 4) is 0 Å². The Morgan fingerprint density at radius 1 is 1.00 bits per heavy atom. The molecule has 24 heavy (non-hydrogen) atoms. The normalized spacial score (nSPS) is 25.8. The van der Waals surface area contributed by atoms with Gasteiger partial charge in [0.2, 0.25) is 0 Å². The first-order valence-electron chi connectivity index (χ1n) is 8.41. The average Bonchev–Trinajstić information content (AvgIpc) is 2.65. The van der Waals surface area contributed by atoms with Gasteiger partial charge in [-0.1, -0.05) is 36.4 Å². The number of hydrogen-bond donors (Lipinski definition) is 0. The van der Waals surface area contributed by atoms with E-state index >= 15 is 0 Å². The summed E-state index contributed by atoms with van der Waals surface area (Å²) in [7, 11) is -3.58. The number of hydrogen-bond acceptors (Lipinski definition) is 2. The van der Waals surface area contributed by atoms with E-state index in [1.165, 1.54) is 0 Å². The maximum absolute atomic E-state index is 13.4. The van der Waals surface area contributed by atoms with Gasteiger partial charge in [0.05, 0.1) is 12.1 Å². The van der Waals surface area contributed by atoms with Gasteiger partial charge in [0.15, 0.2) is 0 Å². The summed E-state index contributed by atoms with van der Waals surface area (Å²) >= 11 is 0. The van der Waals surface area contributed by atoms with Crippen LogP contribution in [0.25, 0.3) is 0 Å². The molecule has 0 radical (unpaired) electrons. The third-order valence-electron chi connectivity index (χ3n) is 4.31. The largest absolute Gasteiger partial charge is 0.283 e. The van der Waals surface area contributed by atoms with Crippen LogP contribution in [0.2, 0.25) is 0 Å². The minimum absolute atomic E-state index is 0.172. The van der Waals surface area contributed by atoms with E-state index in [-0.39, 0.29) is 12.1 Å². The minimum Gasteiger partial charge on any atom is -0.195 e. The van der Waals surface area contributed by atoms with Crippen LogP contribution in [-0.2, 0) is 16.6 Å². The Labute approximate surface area is 147 Å². The Balaban J connectivity index is 2.58. The standard InChI is InChI=1S/C19H30N2O2S/c1-8-16-17(14-15-12-10-9-11-13-15)21(19(5,6)7)24(22,23)20(16)18(2,3)4/h8-13,16-17H,1,14H2,2-7H3/t16-,17-/m1/s1. The van der Waals surface area contributed by atoms with Crippen LogP contribution in [0.5, 0.6) is 0 Å². The van der Waals surface area contributed by atoms with Crippen LogP contribution in [0.4, 0.5) is 0 Å². The lowest BCUT2D eigenvalue weighted by molar-refractivity contribution is 0.175. The van der Waals surface area contributed by atoms with Crippen LogP contribution in [0.3, 0.4) is 0 Å². The lowest BCUT2D eigenvalue weighted by atomic mass is 9.94. The minimum atomic E-state index is -3.58. The van der Waals surface area contributed by atoms with Crippen LogP contribution in [0, 0.1) is 0 Å². The van der Waals surface area contributed by atoms with E-state index in [0.29, 0.717) is 6.42 Å². The van der Waals surface area contributed by atoms with Gasteiger partial charge in [-0.05, 0) is 53.5 Å². The smallest absolute Gasteiger partial charge is 0.195 e. The molecule has 0 amide bonds. The third-order valence-corrected chi connectivity index (χ3v) is 6.92. The van der Waals surface area contributed by atoms with Gasteiger partial charge in [-0.2, -0.15) is 17.0 Å². The molecule has 1 aromatic rings. The maximum Gasteiger partial charge on any atom is 0.283 e. The zero-order chi connectivity index (χ0) is 18.3. The predicted molar refractivity (Wildman–Crippen MR) is 100 cm³/mol. The molecule has 0 saturated carbocycles. The summed E-state index contributed by atoms with van der Waals surface area (Å²) in [5.74, 6) is 0. The molecule has 0 spiro atoms. The summed E-state index contributed by atoms with van der Waals surface area (Å²) in [6.45, 7) is 15.6. The highest BCUT2D eigenvalue weighted by atomic mass is 32.2. The molecule has 0 unspecified atom stereocenters. The molecule has 1 saturated heterocycles. The second-order valence-electron chi connectivity index (χ2n) is 8.42. The SMILES string of the molecule is C=C[C@@H]1[C@@H](Cc2ccccc2)N(C(C)(C)C)S(=O)(=O)N1C(C)(C)C. The Bertz CT molecular complexity index is 684. The monoisotopic (exact) mass is 350 g/mol. The van der Waals surface area contributed by atoms with Crippen molar-refractivity contribution in [2.45, 2.75) is 71.1 Å². The highest BCUT2D eigenvalue weighted by Gasteiger charge is 2.56. The van der Waals surface area contributed by atoms with Gasteiger partial charge >= 0.3 is 0 Å². The molecule has 1 aliphatic rings. The summed E-state index contributed by atoms with van der Waals surface area (Å²) in [5.41, 5.74) is 0.126. The van der Waals surface area contributed by atoms with Gasteiger partial charge < -0.3 is 0 Å². The summed E-state index contributed by atoms with van der Waals surface area (Å²) in [4.78, 5) is 0. The second kappa shape index (κ2) is 6.28. The number of benzene rings is 1. The van der Waals surface area contributed by atoms with Crippen molar-refractivity contribution in [3.63, 3.8) is 0 Å². The van der Waals surface area contributed by atoms with E-state index in [9.17, 15) is 8.42 Å². The molecule has 0 aromatic heterocycles. The van der Waals surface area contributed by atoms with Crippen LogP contribution >= 0.6 is 0 Å². The zero-order valence-electron chi connectivity index (χ0n) is 15.7. The van der Waals surface area contributed by atoms with Crippen LogP contribution in [0.15, 0.2) is 43.0 Å². The van der Waals surface area contributed by atoms with Gasteiger partial charge in [0.25, 0.3) is 10.2 Å². The van der Waals surface area contributed by atoms with Crippen LogP contribution < -0.4 is 0 Å². The molecule has 1 heterocycles. The van der Waals surface area contributed by atoms with E-state index < -0.39 is 21.3 Å². The van der Waals surface area contributed by atoms with E-state index in [1.54, 1.807) is 14.7 Å². The van der Waals surface area contributed by atoms with Crippen LogP contribution in [-0.4, -0.2) is 40.2 Å². The molecular weight excluding hydrogens is 320 g/mol. The van der Waals surface area contributed by atoms with Gasteiger partial charge in [-0.15, -0.1) is 6.58 Å². The molecular formula is C19H30N2O2S. The van der Waals surface area contributed by atoms with Crippen molar-refractivity contribution < 1.29 is 8.42 Å². The molecule has 0 bridgehead atoms. The molecule has 2 rings (SSSR count). The van der Waals surface area contributed by atoms with E-state index in [2.05, 4.69) is 6.58 Å². The number of nitrogens with zero attached hydrogens (tertiary/aromatic N) is 2. The lowest BCUT2D eigenvalue weighted by Crippen LogP contribution is -2.50. The lowest BCUT2D eigenvalue weighted by Gasteiger charge is -2.36. The third kappa shape index (κ3) is 3.44. The van der Waals surface area contributed by atoms with Gasteiger partial charge in [0.1, 0.15) is 0 Å². The van der Waals surface area contributed by atoms with Crippen molar-refractivity contribution >= 4 is 10.2 Å². The maximum atomic E-state index is 13.4. The average molecular weight is 351 g/mol. The molecule has 1 fully saturated rings. The fraction of sp³-hybridized carbons (Fsp3) is 0.579. The van der Waals surface area contributed by atoms with Crippen molar-refractivity contribution in [1.82, 2.24) is 8.61 Å². The molecule has 1 aromatic carbocycles. The van der Waals surface area contributed by atoms with Crippen molar-refractivity contribution in [2.75, 3.05) is 0 Å². The van der Waals surface area contributed by atoms with Crippen molar-refractivity contribution in [2.24, 2.45) is 0 Å². The first-order chi connectivity index (χ1) is 10.9.